The van der Waals surface area contributed by atoms with Crippen LogP contribution < -0.4 is 5.32 Å². The average Bonchev–Trinajstić information content (AvgIpc) is 2.38. The minimum Gasteiger partial charge on any atom is -0.322 e. The van der Waals surface area contributed by atoms with Crippen LogP contribution in [0.15, 0.2) is 46.9 Å². The predicted octanol–water partition coefficient (Wildman–Crippen LogP) is 3.75. The normalized spacial score (nSPS) is 10.1. The second kappa shape index (κ2) is 5.79. The highest BCUT2D eigenvalue weighted by Crippen LogP contribution is 2.22. The molecule has 0 radical (unpaired) electrons. The first-order valence-corrected chi connectivity index (χ1v) is 6.27. The maximum Gasteiger partial charge on any atom is 0.274 e. The van der Waals surface area contributed by atoms with Crippen molar-refractivity contribution in [3.8, 4) is 0 Å². The minimum absolute atomic E-state index is 0.0254. The van der Waals surface area contributed by atoms with Crippen LogP contribution in [0.25, 0.3) is 0 Å². The fourth-order valence-electron chi connectivity index (χ4n) is 1.60. The van der Waals surface area contributed by atoms with Crippen molar-refractivity contribution >= 4 is 33.2 Å². The molecule has 0 aliphatic rings. The van der Waals surface area contributed by atoms with E-state index in [0.29, 0.717) is 10.0 Å². The van der Waals surface area contributed by atoms with Gasteiger partial charge in [-0.1, -0.05) is 12.1 Å². The van der Waals surface area contributed by atoms with E-state index in [9.17, 15) is 19.3 Å². The largest absolute Gasteiger partial charge is 0.322 e. The Bertz CT molecular complexity index is 691. The highest BCUT2D eigenvalue weighted by atomic mass is 79.9. The summed E-state index contributed by atoms with van der Waals surface area (Å²) in [6.45, 7) is 0. The first kappa shape index (κ1) is 14.1. The highest BCUT2D eigenvalue weighted by molar-refractivity contribution is 9.10. The van der Waals surface area contributed by atoms with E-state index in [0.717, 1.165) is 18.2 Å². The molecule has 2 aromatic carbocycles. The molecular formula is C13H8BrFN2O3. The Balaban J connectivity index is 2.28. The number of anilines is 1. The fourth-order valence-corrected chi connectivity index (χ4v) is 2.06. The molecular weight excluding hydrogens is 331 g/mol. The summed E-state index contributed by atoms with van der Waals surface area (Å²) in [7, 11) is 0. The number of nitrogens with one attached hydrogen (secondary N) is 1. The zero-order chi connectivity index (χ0) is 14.7. The van der Waals surface area contributed by atoms with Gasteiger partial charge in [0.2, 0.25) is 0 Å². The van der Waals surface area contributed by atoms with Crippen molar-refractivity contribution in [2.45, 2.75) is 0 Å². The average molecular weight is 339 g/mol. The Labute approximate surface area is 121 Å². The lowest BCUT2D eigenvalue weighted by molar-refractivity contribution is -0.385. The van der Waals surface area contributed by atoms with Gasteiger partial charge in [0, 0.05) is 10.5 Å². The molecule has 0 heterocycles. The molecule has 0 atom stereocenters. The number of carbonyl (C=O) groups is 1. The summed E-state index contributed by atoms with van der Waals surface area (Å²) in [4.78, 5) is 21.9. The van der Waals surface area contributed by atoms with Gasteiger partial charge in [0.1, 0.15) is 5.82 Å². The van der Waals surface area contributed by atoms with Gasteiger partial charge in [0.05, 0.1) is 22.2 Å². The Morgan fingerprint density at radius 2 is 1.95 bits per heavy atom. The lowest BCUT2D eigenvalue weighted by atomic mass is 10.2. The van der Waals surface area contributed by atoms with E-state index in [-0.39, 0.29) is 5.69 Å². The number of non-ortho nitro benzene ring substituents is 1. The zero-order valence-corrected chi connectivity index (χ0v) is 11.6. The summed E-state index contributed by atoms with van der Waals surface area (Å²) in [5.74, 6) is -1.28. The predicted molar refractivity (Wildman–Crippen MR) is 75.1 cm³/mol. The fraction of sp³-hybridized carbons (Fsp3) is 0. The van der Waals surface area contributed by atoms with Gasteiger partial charge in [-0.25, -0.2) is 4.39 Å². The molecule has 7 heteroatoms. The number of hydrogen-bond acceptors (Lipinski definition) is 3. The van der Waals surface area contributed by atoms with Crippen molar-refractivity contribution < 1.29 is 14.1 Å². The monoisotopic (exact) mass is 338 g/mol. The van der Waals surface area contributed by atoms with Crippen LogP contribution in [0.2, 0.25) is 0 Å². The van der Waals surface area contributed by atoms with E-state index in [2.05, 4.69) is 21.2 Å². The second-order valence-electron chi connectivity index (χ2n) is 3.89. The molecule has 0 saturated carbocycles. The first-order valence-electron chi connectivity index (χ1n) is 5.48. The topological polar surface area (TPSA) is 72.2 Å². The van der Waals surface area contributed by atoms with Crippen molar-refractivity contribution in [1.29, 1.82) is 0 Å². The van der Waals surface area contributed by atoms with Crippen molar-refractivity contribution in [3.63, 3.8) is 0 Å². The second-order valence-corrected chi connectivity index (χ2v) is 4.74. The summed E-state index contributed by atoms with van der Waals surface area (Å²) >= 11 is 3.22. The van der Waals surface area contributed by atoms with Crippen LogP contribution in [0.5, 0.6) is 0 Å². The Morgan fingerprint density at radius 1 is 1.25 bits per heavy atom. The van der Waals surface area contributed by atoms with Gasteiger partial charge in [-0.3, -0.25) is 14.9 Å². The number of amides is 1. The summed E-state index contributed by atoms with van der Waals surface area (Å²) in [6.07, 6.45) is 0. The quantitative estimate of drug-likeness (QED) is 0.684. The lowest BCUT2D eigenvalue weighted by Crippen LogP contribution is -2.12. The summed E-state index contributed by atoms with van der Waals surface area (Å²) in [5, 5.41) is 13.1. The third-order valence-electron chi connectivity index (χ3n) is 2.47. The van der Waals surface area contributed by atoms with Gasteiger partial charge >= 0.3 is 0 Å². The third-order valence-corrected chi connectivity index (χ3v) is 3.16. The molecule has 1 N–H and O–H groups in total. The molecule has 102 valence electrons. The van der Waals surface area contributed by atoms with Gasteiger partial charge in [-0.05, 0) is 34.1 Å². The molecule has 0 spiro atoms. The van der Waals surface area contributed by atoms with Crippen molar-refractivity contribution in [2.24, 2.45) is 0 Å². The number of nitro groups is 1. The van der Waals surface area contributed by atoms with E-state index in [1.807, 2.05) is 0 Å². The van der Waals surface area contributed by atoms with Crippen LogP contribution in [-0.2, 0) is 0 Å². The molecule has 2 rings (SSSR count). The van der Waals surface area contributed by atoms with E-state index in [1.54, 1.807) is 24.3 Å². The Hall–Kier alpha value is -2.28. The van der Waals surface area contributed by atoms with E-state index in [4.69, 9.17) is 0 Å². The molecule has 20 heavy (non-hydrogen) atoms. The van der Waals surface area contributed by atoms with Crippen LogP contribution in [0.1, 0.15) is 10.4 Å². The molecule has 0 saturated heterocycles. The van der Waals surface area contributed by atoms with E-state index < -0.39 is 22.3 Å². The minimum atomic E-state index is -0.790. The summed E-state index contributed by atoms with van der Waals surface area (Å²) in [5.41, 5.74) is -0.0516. The smallest absolute Gasteiger partial charge is 0.274 e. The van der Waals surface area contributed by atoms with Crippen LogP contribution in [0, 0.1) is 15.9 Å². The van der Waals surface area contributed by atoms with E-state index >= 15 is 0 Å². The van der Waals surface area contributed by atoms with Crippen molar-refractivity contribution in [2.75, 3.05) is 5.32 Å². The molecule has 0 fully saturated rings. The van der Waals surface area contributed by atoms with Crippen LogP contribution in [0.4, 0.5) is 15.8 Å². The standard InChI is InChI=1S/C13H8BrFN2O3/c14-12-4-2-1-3-11(12)13(18)16-9-5-8(15)6-10(7-9)17(19)20/h1-7H,(H,16,18). The maximum atomic E-state index is 13.3. The third kappa shape index (κ3) is 3.18. The maximum absolute atomic E-state index is 13.3. The van der Waals surface area contributed by atoms with Crippen molar-refractivity contribution in [3.05, 3.63) is 68.4 Å². The number of hydrogen-bond donors (Lipinski definition) is 1. The molecule has 0 bridgehead atoms. The summed E-state index contributed by atoms with van der Waals surface area (Å²) < 4.78 is 13.8. The lowest BCUT2D eigenvalue weighted by Gasteiger charge is -2.07. The van der Waals surface area contributed by atoms with E-state index in [1.165, 1.54) is 0 Å². The van der Waals surface area contributed by atoms with Crippen LogP contribution >= 0.6 is 15.9 Å². The number of carbonyl (C=O) groups excluding carboxylic acids is 1. The highest BCUT2D eigenvalue weighted by Gasteiger charge is 2.14. The van der Waals surface area contributed by atoms with Gasteiger partial charge < -0.3 is 5.32 Å². The van der Waals surface area contributed by atoms with Gasteiger partial charge in [-0.15, -0.1) is 0 Å². The number of halogens is 2. The number of rotatable bonds is 3. The van der Waals surface area contributed by atoms with Gasteiger partial charge in [-0.2, -0.15) is 0 Å². The summed E-state index contributed by atoms with van der Waals surface area (Å²) in [6, 6.07) is 9.57. The molecule has 2 aromatic rings. The molecule has 0 unspecified atom stereocenters. The SMILES string of the molecule is O=C(Nc1cc(F)cc([N+](=O)[O-])c1)c1ccccc1Br. The molecule has 0 aliphatic carbocycles. The molecule has 0 aromatic heterocycles. The first-order chi connectivity index (χ1) is 9.47. The number of nitrogens with zero attached hydrogens (tertiary/aromatic N) is 1. The van der Waals surface area contributed by atoms with Crippen LogP contribution in [-0.4, -0.2) is 10.8 Å². The Morgan fingerprint density at radius 3 is 2.60 bits per heavy atom. The Kier molecular flexibility index (Phi) is 4.09. The molecule has 1 amide bonds. The number of nitro benzene ring substituents is 1. The van der Waals surface area contributed by atoms with Crippen LogP contribution in [0.3, 0.4) is 0 Å². The zero-order valence-electron chi connectivity index (χ0n) is 9.97. The molecule has 5 nitrogen and oxygen atoms in total. The van der Waals surface area contributed by atoms with Crippen molar-refractivity contribution in [1.82, 2.24) is 0 Å². The van der Waals surface area contributed by atoms with Gasteiger partial charge in [0.25, 0.3) is 11.6 Å². The number of benzene rings is 2. The molecule has 0 aliphatic heterocycles. The van der Waals surface area contributed by atoms with Gasteiger partial charge in [0.15, 0.2) is 0 Å².